The summed E-state index contributed by atoms with van der Waals surface area (Å²) in [5.41, 5.74) is 4.07. The minimum absolute atomic E-state index is 0.0306. The van der Waals surface area contributed by atoms with E-state index in [1.54, 1.807) is 6.20 Å². The van der Waals surface area contributed by atoms with E-state index in [0.29, 0.717) is 6.54 Å². The summed E-state index contributed by atoms with van der Waals surface area (Å²) in [4.78, 5) is 17.5. The number of ether oxygens (including phenoxy) is 1. The molecule has 0 unspecified atom stereocenters. The van der Waals surface area contributed by atoms with Crippen molar-refractivity contribution in [3.05, 3.63) is 70.0 Å². The number of aryl methyl sites for hydroxylation is 1. The summed E-state index contributed by atoms with van der Waals surface area (Å²) in [6.07, 6.45) is 2.52. The highest BCUT2D eigenvalue weighted by molar-refractivity contribution is 7.12. The Bertz CT molecular complexity index is 905. The maximum atomic E-state index is 12.3. The largest absolute Gasteiger partial charge is 0.487 e. The van der Waals surface area contributed by atoms with Gasteiger partial charge in [-0.1, -0.05) is 18.2 Å². The van der Waals surface area contributed by atoms with Crippen LogP contribution in [0.25, 0.3) is 11.3 Å². The normalized spacial score (nSPS) is 15.5. The Morgan fingerprint density at radius 3 is 2.96 bits per heavy atom. The Morgan fingerprint density at radius 1 is 1.28 bits per heavy atom. The first-order valence-electron chi connectivity index (χ1n) is 8.24. The monoisotopic (exact) mass is 350 g/mol. The third kappa shape index (κ3) is 3.15. The molecule has 1 aliphatic rings. The summed E-state index contributed by atoms with van der Waals surface area (Å²) >= 11 is 1.47. The van der Waals surface area contributed by atoms with E-state index in [0.717, 1.165) is 39.4 Å². The summed E-state index contributed by atoms with van der Waals surface area (Å²) < 4.78 is 6.14. The molecule has 0 radical (unpaired) electrons. The van der Waals surface area contributed by atoms with Gasteiger partial charge in [0.2, 0.25) is 0 Å². The Morgan fingerprint density at radius 2 is 2.20 bits per heavy atom. The van der Waals surface area contributed by atoms with E-state index in [-0.39, 0.29) is 12.0 Å². The smallest absolute Gasteiger partial charge is 0.261 e. The number of hydrogen-bond donors (Lipinski definition) is 1. The third-order valence-corrected chi connectivity index (χ3v) is 5.34. The number of pyridine rings is 1. The molecule has 1 aromatic carbocycles. The summed E-state index contributed by atoms with van der Waals surface area (Å²) in [6.45, 7) is 2.44. The number of hydrogen-bond acceptors (Lipinski definition) is 4. The van der Waals surface area contributed by atoms with Crippen LogP contribution in [-0.2, 0) is 6.42 Å². The van der Waals surface area contributed by atoms with Crippen molar-refractivity contribution in [3.63, 3.8) is 0 Å². The number of amides is 1. The van der Waals surface area contributed by atoms with E-state index in [1.165, 1.54) is 11.3 Å². The van der Waals surface area contributed by atoms with Crippen molar-refractivity contribution < 1.29 is 9.53 Å². The van der Waals surface area contributed by atoms with Crippen molar-refractivity contribution in [2.75, 3.05) is 6.54 Å². The third-order valence-electron chi connectivity index (χ3n) is 4.33. The second-order valence-electron chi connectivity index (χ2n) is 6.10. The molecule has 2 aromatic heterocycles. The predicted molar refractivity (Wildman–Crippen MR) is 99.2 cm³/mol. The van der Waals surface area contributed by atoms with Crippen molar-refractivity contribution in [1.29, 1.82) is 0 Å². The van der Waals surface area contributed by atoms with E-state index >= 15 is 0 Å². The number of aromatic nitrogens is 1. The Labute approximate surface area is 150 Å². The van der Waals surface area contributed by atoms with Gasteiger partial charge in [-0.05, 0) is 47.7 Å². The fourth-order valence-electron chi connectivity index (χ4n) is 3.07. The highest BCUT2D eigenvalue weighted by Crippen LogP contribution is 2.37. The molecule has 1 atom stereocenters. The Hall–Kier alpha value is -2.66. The van der Waals surface area contributed by atoms with Gasteiger partial charge in [-0.3, -0.25) is 9.78 Å². The van der Waals surface area contributed by atoms with Crippen LogP contribution in [0.1, 0.15) is 20.8 Å². The van der Waals surface area contributed by atoms with Crippen LogP contribution in [-0.4, -0.2) is 23.5 Å². The summed E-state index contributed by atoms with van der Waals surface area (Å²) in [6, 6.07) is 13.9. The molecule has 1 amide bonds. The van der Waals surface area contributed by atoms with E-state index in [4.69, 9.17) is 4.74 Å². The molecule has 0 bridgehead atoms. The molecule has 1 N–H and O–H groups in total. The number of nitrogens with zero attached hydrogens (tertiary/aromatic N) is 1. The number of rotatable bonds is 4. The zero-order valence-corrected chi connectivity index (χ0v) is 14.7. The lowest BCUT2D eigenvalue weighted by molar-refractivity contribution is 0.0937. The lowest BCUT2D eigenvalue weighted by Crippen LogP contribution is -2.34. The fourth-order valence-corrected chi connectivity index (χ4v) is 3.91. The maximum Gasteiger partial charge on any atom is 0.261 e. The minimum atomic E-state index is -0.0518. The van der Waals surface area contributed by atoms with Gasteiger partial charge in [-0.15, -0.1) is 11.3 Å². The molecular formula is C20H18N2O2S. The highest BCUT2D eigenvalue weighted by Gasteiger charge is 2.26. The van der Waals surface area contributed by atoms with Gasteiger partial charge in [0.05, 0.1) is 17.1 Å². The fraction of sp³-hybridized carbons (Fsp3) is 0.200. The van der Waals surface area contributed by atoms with Crippen LogP contribution in [0.3, 0.4) is 0 Å². The minimum Gasteiger partial charge on any atom is -0.487 e. The topological polar surface area (TPSA) is 51.2 Å². The molecule has 0 saturated heterocycles. The van der Waals surface area contributed by atoms with Gasteiger partial charge in [-0.2, -0.15) is 0 Å². The van der Waals surface area contributed by atoms with Crippen LogP contribution in [0, 0.1) is 6.92 Å². The first-order chi connectivity index (χ1) is 12.2. The molecule has 0 aliphatic carbocycles. The van der Waals surface area contributed by atoms with Crippen LogP contribution in [0.5, 0.6) is 5.75 Å². The Balaban J connectivity index is 1.47. The molecule has 0 fully saturated rings. The van der Waals surface area contributed by atoms with Crippen molar-refractivity contribution in [2.24, 2.45) is 0 Å². The second kappa shape index (κ2) is 6.69. The zero-order valence-electron chi connectivity index (χ0n) is 13.9. The average molecular weight is 350 g/mol. The SMILES string of the molecule is Cc1ccsc1C(=O)NC[C@@H]1Cc2cccc(-c3ccccn3)c2O1. The predicted octanol–water partition coefficient (Wildman–Crippen LogP) is 3.85. The number of nitrogens with one attached hydrogen (secondary N) is 1. The second-order valence-corrected chi connectivity index (χ2v) is 7.01. The summed E-state index contributed by atoms with van der Waals surface area (Å²) in [5.74, 6) is 0.852. The van der Waals surface area contributed by atoms with Crippen molar-refractivity contribution in [3.8, 4) is 17.0 Å². The van der Waals surface area contributed by atoms with Gasteiger partial charge in [0.15, 0.2) is 0 Å². The molecule has 0 saturated carbocycles. The summed E-state index contributed by atoms with van der Waals surface area (Å²) in [5, 5.41) is 4.93. The number of fused-ring (bicyclic) bond motifs is 1. The number of para-hydroxylation sites is 1. The van der Waals surface area contributed by atoms with Crippen LogP contribution >= 0.6 is 11.3 Å². The number of carbonyl (C=O) groups is 1. The van der Waals surface area contributed by atoms with E-state index < -0.39 is 0 Å². The van der Waals surface area contributed by atoms with Crippen molar-refractivity contribution >= 4 is 17.2 Å². The number of carbonyl (C=O) groups excluding carboxylic acids is 1. The van der Waals surface area contributed by atoms with Gasteiger partial charge in [0, 0.05) is 18.2 Å². The molecule has 1 aliphatic heterocycles. The van der Waals surface area contributed by atoms with E-state index in [2.05, 4.69) is 16.4 Å². The van der Waals surface area contributed by atoms with E-state index in [9.17, 15) is 4.79 Å². The van der Waals surface area contributed by atoms with E-state index in [1.807, 2.05) is 48.7 Å². The van der Waals surface area contributed by atoms with Crippen LogP contribution in [0.15, 0.2) is 54.0 Å². The molecule has 0 spiro atoms. The number of thiophene rings is 1. The lowest BCUT2D eigenvalue weighted by Gasteiger charge is -2.13. The molecule has 5 heteroatoms. The molecule has 4 rings (SSSR count). The van der Waals surface area contributed by atoms with Crippen LogP contribution in [0.4, 0.5) is 0 Å². The zero-order chi connectivity index (χ0) is 17.2. The standard InChI is InChI=1S/C20H18N2O2S/c1-13-8-10-25-19(13)20(23)22-12-15-11-14-5-4-6-16(18(14)24-15)17-7-2-3-9-21-17/h2-10,15H,11-12H2,1H3,(H,22,23)/t15-/m0/s1. The molecular weight excluding hydrogens is 332 g/mol. The first-order valence-corrected chi connectivity index (χ1v) is 9.12. The van der Waals surface area contributed by atoms with Crippen LogP contribution in [0.2, 0.25) is 0 Å². The molecule has 25 heavy (non-hydrogen) atoms. The average Bonchev–Trinajstić information content (AvgIpc) is 3.25. The lowest BCUT2D eigenvalue weighted by atomic mass is 10.0. The van der Waals surface area contributed by atoms with Gasteiger partial charge < -0.3 is 10.1 Å². The molecule has 4 nitrogen and oxygen atoms in total. The Kier molecular flexibility index (Phi) is 4.24. The van der Waals surface area contributed by atoms with Gasteiger partial charge in [0.1, 0.15) is 11.9 Å². The summed E-state index contributed by atoms with van der Waals surface area (Å²) in [7, 11) is 0. The molecule has 126 valence electrons. The van der Waals surface area contributed by atoms with Crippen molar-refractivity contribution in [2.45, 2.75) is 19.4 Å². The quantitative estimate of drug-likeness (QED) is 0.777. The number of benzene rings is 1. The highest BCUT2D eigenvalue weighted by atomic mass is 32.1. The molecule has 3 heterocycles. The van der Waals surface area contributed by atoms with Crippen LogP contribution < -0.4 is 10.1 Å². The van der Waals surface area contributed by atoms with Gasteiger partial charge >= 0.3 is 0 Å². The maximum absolute atomic E-state index is 12.3. The van der Waals surface area contributed by atoms with Gasteiger partial charge in [0.25, 0.3) is 5.91 Å². The van der Waals surface area contributed by atoms with Crippen molar-refractivity contribution in [1.82, 2.24) is 10.3 Å². The molecule has 3 aromatic rings. The van der Waals surface area contributed by atoms with Gasteiger partial charge in [-0.25, -0.2) is 0 Å². The first kappa shape index (κ1) is 15.8.